The van der Waals surface area contributed by atoms with Gasteiger partial charge >= 0.3 is 0 Å². The van der Waals surface area contributed by atoms with Crippen molar-refractivity contribution in [3.8, 4) is 0 Å². The van der Waals surface area contributed by atoms with E-state index in [-0.39, 0.29) is 5.82 Å². The first kappa shape index (κ1) is 14.2. The Morgan fingerprint density at radius 2 is 1.89 bits per heavy atom. The Balaban J connectivity index is 1.78. The Hall–Kier alpha value is -0.200. The van der Waals surface area contributed by atoms with Crippen LogP contribution in [0.4, 0.5) is 4.39 Å². The Labute approximate surface area is 123 Å². The molecule has 1 aromatic rings. The molecule has 0 atom stereocenters. The van der Waals surface area contributed by atoms with Gasteiger partial charge in [-0.05, 0) is 56.6 Å². The van der Waals surface area contributed by atoms with Gasteiger partial charge in [-0.3, -0.25) is 8.01 Å². The van der Waals surface area contributed by atoms with Gasteiger partial charge in [0.05, 0.1) is 0 Å². The van der Waals surface area contributed by atoms with Crippen molar-refractivity contribution in [2.45, 2.75) is 19.4 Å². The number of benzene rings is 1. The lowest BCUT2D eigenvalue weighted by Gasteiger charge is -2.32. The van der Waals surface area contributed by atoms with Crippen molar-refractivity contribution < 1.29 is 4.39 Å². The van der Waals surface area contributed by atoms with Crippen LogP contribution in [0.15, 0.2) is 24.3 Å². The fourth-order valence-corrected chi connectivity index (χ4v) is 3.09. The van der Waals surface area contributed by atoms with Crippen LogP contribution in [0.2, 0.25) is 0 Å². The summed E-state index contributed by atoms with van der Waals surface area (Å²) in [6.07, 6.45) is 2.54. The van der Waals surface area contributed by atoms with Crippen molar-refractivity contribution in [1.29, 1.82) is 0 Å². The van der Waals surface area contributed by atoms with Crippen LogP contribution in [0, 0.1) is 11.7 Å². The van der Waals surface area contributed by atoms with E-state index in [1.165, 1.54) is 24.9 Å². The standard InChI is InChI=1S/C14H20FIN2/c1-17(16)10-13-6-8-18(9-7-13)11-12-2-4-14(15)5-3-12/h2-5,13H,6-11H2,1H3. The summed E-state index contributed by atoms with van der Waals surface area (Å²) >= 11 is 2.36. The largest absolute Gasteiger partial charge is 0.299 e. The third-order valence-electron chi connectivity index (χ3n) is 3.54. The minimum atomic E-state index is -0.150. The van der Waals surface area contributed by atoms with Gasteiger partial charge in [0.2, 0.25) is 0 Å². The molecule has 0 aliphatic carbocycles. The molecule has 0 unspecified atom stereocenters. The van der Waals surface area contributed by atoms with Gasteiger partial charge in [0.15, 0.2) is 0 Å². The molecule has 0 amide bonds. The van der Waals surface area contributed by atoms with Crippen LogP contribution in [-0.4, -0.2) is 34.7 Å². The monoisotopic (exact) mass is 362 g/mol. The minimum Gasteiger partial charge on any atom is -0.299 e. The SMILES string of the molecule is CN(I)CC1CCN(Cc2ccc(F)cc2)CC1. The summed E-state index contributed by atoms with van der Waals surface area (Å²) in [5.74, 6) is 0.680. The number of hydrogen-bond donors (Lipinski definition) is 0. The Kier molecular flexibility index (Phi) is 5.38. The highest BCUT2D eigenvalue weighted by molar-refractivity contribution is 14.1. The van der Waals surface area contributed by atoms with Gasteiger partial charge in [-0.15, -0.1) is 0 Å². The molecule has 1 saturated heterocycles. The van der Waals surface area contributed by atoms with Crippen molar-refractivity contribution in [2.75, 3.05) is 26.7 Å². The highest BCUT2D eigenvalue weighted by Gasteiger charge is 2.19. The number of rotatable bonds is 4. The van der Waals surface area contributed by atoms with Crippen LogP contribution < -0.4 is 0 Å². The van der Waals surface area contributed by atoms with Crippen molar-refractivity contribution in [3.63, 3.8) is 0 Å². The summed E-state index contributed by atoms with van der Waals surface area (Å²) in [7, 11) is 2.13. The lowest BCUT2D eigenvalue weighted by molar-refractivity contribution is 0.170. The first-order chi connectivity index (χ1) is 8.63. The smallest absolute Gasteiger partial charge is 0.123 e. The average Bonchev–Trinajstić information content (AvgIpc) is 2.34. The highest BCUT2D eigenvalue weighted by Crippen LogP contribution is 2.20. The van der Waals surface area contributed by atoms with Crippen LogP contribution in [0.5, 0.6) is 0 Å². The number of nitrogens with zero attached hydrogens (tertiary/aromatic N) is 2. The molecule has 18 heavy (non-hydrogen) atoms. The van der Waals surface area contributed by atoms with Gasteiger partial charge in [-0.1, -0.05) is 12.1 Å². The fraction of sp³-hybridized carbons (Fsp3) is 0.571. The van der Waals surface area contributed by atoms with Gasteiger partial charge in [0.25, 0.3) is 0 Å². The molecule has 0 bridgehead atoms. The average molecular weight is 362 g/mol. The second kappa shape index (κ2) is 6.82. The molecular formula is C14H20FIN2. The van der Waals surface area contributed by atoms with E-state index < -0.39 is 0 Å². The maximum absolute atomic E-state index is 12.8. The van der Waals surface area contributed by atoms with Crippen molar-refractivity contribution >= 4 is 22.9 Å². The van der Waals surface area contributed by atoms with Crippen molar-refractivity contribution in [1.82, 2.24) is 8.01 Å². The normalized spacial score (nSPS) is 18.4. The lowest BCUT2D eigenvalue weighted by Crippen LogP contribution is -2.35. The lowest BCUT2D eigenvalue weighted by atomic mass is 9.96. The zero-order valence-corrected chi connectivity index (χ0v) is 12.9. The predicted molar refractivity (Wildman–Crippen MR) is 81.1 cm³/mol. The summed E-state index contributed by atoms with van der Waals surface area (Å²) in [5, 5.41) is 0. The van der Waals surface area contributed by atoms with Crippen LogP contribution in [0.1, 0.15) is 18.4 Å². The molecule has 1 aliphatic rings. The zero-order chi connectivity index (χ0) is 13.0. The number of halogens is 2. The van der Waals surface area contributed by atoms with E-state index in [2.05, 4.69) is 37.9 Å². The van der Waals surface area contributed by atoms with E-state index in [4.69, 9.17) is 0 Å². The fourth-order valence-electron chi connectivity index (χ4n) is 2.53. The van der Waals surface area contributed by atoms with Gasteiger partial charge in [0, 0.05) is 36.0 Å². The van der Waals surface area contributed by atoms with Gasteiger partial charge in [-0.25, -0.2) is 4.39 Å². The van der Waals surface area contributed by atoms with E-state index in [1.54, 1.807) is 12.1 Å². The van der Waals surface area contributed by atoms with E-state index in [1.807, 2.05) is 12.1 Å². The maximum Gasteiger partial charge on any atom is 0.123 e. The first-order valence-corrected chi connectivity index (χ1v) is 7.43. The third-order valence-corrected chi connectivity index (χ3v) is 3.93. The van der Waals surface area contributed by atoms with E-state index in [0.29, 0.717) is 0 Å². The summed E-state index contributed by atoms with van der Waals surface area (Å²) < 4.78 is 15.1. The molecule has 0 aromatic heterocycles. The Morgan fingerprint density at radius 3 is 2.44 bits per heavy atom. The molecule has 0 saturated carbocycles. The van der Waals surface area contributed by atoms with E-state index in [9.17, 15) is 4.39 Å². The summed E-state index contributed by atoms with van der Waals surface area (Å²) in [4.78, 5) is 2.47. The minimum absolute atomic E-state index is 0.150. The van der Waals surface area contributed by atoms with Gasteiger partial charge in [-0.2, -0.15) is 0 Å². The van der Waals surface area contributed by atoms with Crippen LogP contribution in [0.3, 0.4) is 0 Å². The van der Waals surface area contributed by atoms with Crippen LogP contribution in [-0.2, 0) is 6.54 Å². The molecule has 4 heteroatoms. The Morgan fingerprint density at radius 1 is 1.28 bits per heavy atom. The topological polar surface area (TPSA) is 6.48 Å². The molecule has 100 valence electrons. The molecule has 1 heterocycles. The summed E-state index contributed by atoms with van der Waals surface area (Å²) in [6, 6.07) is 6.88. The van der Waals surface area contributed by atoms with Crippen LogP contribution >= 0.6 is 22.9 Å². The first-order valence-electron chi connectivity index (χ1n) is 6.47. The highest BCUT2D eigenvalue weighted by atomic mass is 127. The molecule has 1 aromatic carbocycles. The molecule has 2 rings (SSSR count). The predicted octanol–water partition coefficient (Wildman–Crippen LogP) is 3.32. The Bertz CT molecular complexity index is 359. The molecule has 0 radical (unpaired) electrons. The summed E-state index contributed by atoms with van der Waals surface area (Å²) in [5.41, 5.74) is 1.21. The zero-order valence-electron chi connectivity index (χ0n) is 10.8. The second-order valence-corrected chi connectivity index (χ2v) is 6.78. The third kappa shape index (κ3) is 4.48. The molecule has 1 fully saturated rings. The number of likely N-dealkylation sites (tertiary alicyclic amines) is 1. The molecule has 1 aliphatic heterocycles. The maximum atomic E-state index is 12.8. The molecule has 2 nitrogen and oxygen atoms in total. The molecular weight excluding hydrogens is 342 g/mol. The summed E-state index contributed by atoms with van der Waals surface area (Å²) in [6.45, 7) is 4.46. The quantitative estimate of drug-likeness (QED) is 0.599. The number of piperidine rings is 1. The van der Waals surface area contributed by atoms with Gasteiger partial charge in [0.1, 0.15) is 5.82 Å². The molecule has 0 N–H and O–H groups in total. The van der Waals surface area contributed by atoms with Crippen LogP contribution in [0.25, 0.3) is 0 Å². The molecule has 0 spiro atoms. The van der Waals surface area contributed by atoms with E-state index in [0.717, 1.165) is 25.6 Å². The number of hydrogen-bond acceptors (Lipinski definition) is 2. The van der Waals surface area contributed by atoms with Crippen molar-refractivity contribution in [3.05, 3.63) is 35.6 Å². The van der Waals surface area contributed by atoms with Crippen molar-refractivity contribution in [2.24, 2.45) is 5.92 Å². The van der Waals surface area contributed by atoms with E-state index >= 15 is 0 Å². The van der Waals surface area contributed by atoms with Gasteiger partial charge < -0.3 is 0 Å². The second-order valence-electron chi connectivity index (χ2n) is 5.13.